The summed E-state index contributed by atoms with van der Waals surface area (Å²) in [7, 11) is -2.54. The minimum Gasteiger partial charge on any atom is -0.484 e. The number of benzene rings is 3. The van der Waals surface area contributed by atoms with Crippen LogP contribution in [-0.4, -0.2) is 46.7 Å². The zero-order valence-corrected chi connectivity index (χ0v) is 19.9. The average molecular weight is 497 g/mol. The largest absolute Gasteiger partial charge is 0.484 e. The van der Waals surface area contributed by atoms with Gasteiger partial charge in [0, 0.05) is 0 Å². The van der Waals surface area contributed by atoms with Crippen molar-refractivity contribution in [1.29, 1.82) is 0 Å². The molecule has 182 valence electrons. The summed E-state index contributed by atoms with van der Waals surface area (Å²) in [6, 6.07) is 19.7. The quantitative estimate of drug-likeness (QED) is 0.500. The predicted octanol–water partition coefficient (Wildman–Crippen LogP) is 3.14. The SMILES string of the molecule is COC(=O)[C@@H]1CN(C(=O)COc2ccc(S(=O)(=O)Nc3ccccc3C)cc2)c2ccccc2O1. The number of rotatable bonds is 7. The molecule has 0 fully saturated rings. The molecule has 0 radical (unpaired) electrons. The number of amides is 1. The molecular formula is C25H24N2O7S. The number of para-hydroxylation sites is 3. The maximum Gasteiger partial charge on any atom is 0.348 e. The van der Waals surface area contributed by atoms with Crippen molar-refractivity contribution >= 4 is 33.3 Å². The average Bonchev–Trinajstić information content (AvgIpc) is 2.87. The number of carbonyl (C=O) groups excluding carboxylic acids is 2. The minimum atomic E-state index is -3.79. The third kappa shape index (κ3) is 5.38. The van der Waals surface area contributed by atoms with Crippen LogP contribution in [0.3, 0.4) is 0 Å². The molecule has 0 unspecified atom stereocenters. The van der Waals surface area contributed by atoms with E-state index in [0.29, 0.717) is 22.9 Å². The van der Waals surface area contributed by atoms with Gasteiger partial charge < -0.3 is 19.1 Å². The van der Waals surface area contributed by atoms with E-state index in [1.54, 1.807) is 36.4 Å². The van der Waals surface area contributed by atoms with Crippen LogP contribution in [0.4, 0.5) is 11.4 Å². The Bertz CT molecular complexity index is 1340. The van der Waals surface area contributed by atoms with Crippen LogP contribution in [0.5, 0.6) is 11.5 Å². The highest BCUT2D eigenvalue weighted by atomic mass is 32.2. The summed E-state index contributed by atoms with van der Waals surface area (Å²) in [4.78, 5) is 26.4. The van der Waals surface area contributed by atoms with E-state index in [-0.39, 0.29) is 18.0 Å². The van der Waals surface area contributed by atoms with E-state index in [4.69, 9.17) is 14.2 Å². The molecule has 9 nitrogen and oxygen atoms in total. The lowest BCUT2D eigenvalue weighted by molar-refractivity contribution is -0.148. The van der Waals surface area contributed by atoms with Crippen molar-refractivity contribution < 1.29 is 32.2 Å². The van der Waals surface area contributed by atoms with Crippen molar-refractivity contribution in [3.63, 3.8) is 0 Å². The second-order valence-electron chi connectivity index (χ2n) is 7.78. The smallest absolute Gasteiger partial charge is 0.348 e. The molecule has 3 aromatic carbocycles. The lowest BCUT2D eigenvalue weighted by Crippen LogP contribution is -2.48. The summed E-state index contributed by atoms with van der Waals surface area (Å²) in [5.74, 6) is -0.278. The minimum absolute atomic E-state index is 0.0202. The summed E-state index contributed by atoms with van der Waals surface area (Å²) >= 11 is 0. The summed E-state index contributed by atoms with van der Waals surface area (Å²) in [6.07, 6.45) is -0.955. The van der Waals surface area contributed by atoms with Gasteiger partial charge in [0.05, 0.1) is 29.9 Å². The number of sulfonamides is 1. The Morgan fingerprint density at radius 1 is 1.03 bits per heavy atom. The normalized spacial score (nSPS) is 14.9. The maximum atomic E-state index is 12.9. The zero-order chi connectivity index (χ0) is 25.0. The van der Waals surface area contributed by atoms with Crippen LogP contribution in [0, 0.1) is 6.92 Å². The summed E-state index contributed by atoms with van der Waals surface area (Å²) in [5, 5.41) is 0. The molecule has 1 aliphatic rings. The van der Waals surface area contributed by atoms with Crippen molar-refractivity contribution in [2.75, 3.05) is 29.9 Å². The molecule has 1 aliphatic heterocycles. The number of fused-ring (bicyclic) bond motifs is 1. The molecular weight excluding hydrogens is 472 g/mol. The van der Waals surface area contributed by atoms with E-state index in [0.717, 1.165) is 5.56 Å². The maximum absolute atomic E-state index is 12.9. The van der Waals surface area contributed by atoms with Gasteiger partial charge >= 0.3 is 5.97 Å². The van der Waals surface area contributed by atoms with Crippen molar-refractivity contribution in [3.05, 3.63) is 78.4 Å². The summed E-state index contributed by atoms with van der Waals surface area (Å²) in [5.41, 5.74) is 1.81. The molecule has 1 amide bonds. The number of nitrogens with zero attached hydrogens (tertiary/aromatic N) is 1. The molecule has 0 saturated heterocycles. The third-order valence-electron chi connectivity index (χ3n) is 5.42. The van der Waals surface area contributed by atoms with Crippen LogP contribution < -0.4 is 19.1 Å². The number of anilines is 2. The van der Waals surface area contributed by atoms with Gasteiger partial charge in [0.2, 0.25) is 6.10 Å². The van der Waals surface area contributed by atoms with Gasteiger partial charge in [-0.1, -0.05) is 30.3 Å². The lowest BCUT2D eigenvalue weighted by atomic mass is 10.2. The number of aryl methyl sites for hydroxylation is 1. The standard InChI is InChI=1S/C25H24N2O7S/c1-17-7-3-4-8-20(17)26-35(30,31)19-13-11-18(12-14-19)33-16-24(28)27-15-23(25(29)32-2)34-22-10-6-5-9-21(22)27/h3-14,23,26H,15-16H2,1-2H3/t23-/m0/s1. The Balaban J connectivity index is 1.43. The molecule has 0 aliphatic carbocycles. The van der Waals surface area contributed by atoms with Crippen LogP contribution in [0.1, 0.15) is 5.56 Å². The Hall–Kier alpha value is -4.05. The Kier molecular flexibility index (Phi) is 6.92. The van der Waals surface area contributed by atoms with Crippen LogP contribution in [0.2, 0.25) is 0 Å². The van der Waals surface area contributed by atoms with Gasteiger partial charge in [-0.25, -0.2) is 13.2 Å². The van der Waals surface area contributed by atoms with Crippen molar-refractivity contribution in [1.82, 2.24) is 0 Å². The topological polar surface area (TPSA) is 111 Å². The molecule has 4 rings (SSSR count). The predicted molar refractivity (Wildman–Crippen MR) is 129 cm³/mol. The van der Waals surface area contributed by atoms with Crippen LogP contribution in [-0.2, 0) is 24.3 Å². The van der Waals surface area contributed by atoms with Gasteiger partial charge in [-0.15, -0.1) is 0 Å². The van der Waals surface area contributed by atoms with E-state index < -0.39 is 28.0 Å². The first-order valence-electron chi connectivity index (χ1n) is 10.7. The molecule has 10 heteroatoms. The highest BCUT2D eigenvalue weighted by Gasteiger charge is 2.34. The third-order valence-corrected chi connectivity index (χ3v) is 6.81. The molecule has 35 heavy (non-hydrogen) atoms. The van der Waals surface area contributed by atoms with Gasteiger partial charge in [-0.3, -0.25) is 9.52 Å². The summed E-state index contributed by atoms with van der Waals surface area (Å²) < 4.78 is 44.0. The fraction of sp³-hybridized carbons (Fsp3) is 0.200. The van der Waals surface area contributed by atoms with E-state index in [1.165, 1.54) is 36.3 Å². The number of hydrogen-bond acceptors (Lipinski definition) is 7. The van der Waals surface area contributed by atoms with Gasteiger partial charge in [0.25, 0.3) is 15.9 Å². The second kappa shape index (κ2) is 10.1. The summed E-state index contributed by atoms with van der Waals surface area (Å²) in [6.45, 7) is 1.47. The monoisotopic (exact) mass is 496 g/mol. The number of methoxy groups -OCH3 is 1. The van der Waals surface area contributed by atoms with Crippen molar-refractivity contribution in [2.45, 2.75) is 17.9 Å². The van der Waals surface area contributed by atoms with Gasteiger partial charge in [0.1, 0.15) is 11.5 Å². The number of hydrogen-bond donors (Lipinski definition) is 1. The van der Waals surface area contributed by atoms with Crippen LogP contribution in [0.15, 0.2) is 77.7 Å². The van der Waals surface area contributed by atoms with Crippen LogP contribution in [0.25, 0.3) is 0 Å². The van der Waals surface area contributed by atoms with E-state index >= 15 is 0 Å². The number of ether oxygens (including phenoxy) is 3. The first kappa shape index (κ1) is 24.1. The molecule has 0 spiro atoms. The van der Waals surface area contributed by atoms with Gasteiger partial charge in [0.15, 0.2) is 6.61 Å². The fourth-order valence-corrected chi connectivity index (χ4v) is 4.68. The molecule has 1 N–H and O–H groups in total. The van der Waals surface area contributed by atoms with E-state index in [9.17, 15) is 18.0 Å². The van der Waals surface area contributed by atoms with Crippen molar-refractivity contribution in [2.24, 2.45) is 0 Å². The number of nitrogens with one attached hydrogen (secondary N) is 1. The fourth-order valence-electron chi connectivity index (χ4n) is 3.55. The van der Waals surface area contributed by atoms with E-state index in [1.807, 2.05) is 19.1 Å². The Morgan fingerprint density at radius 3 is 2.43 bits per heavy atom. The number of esters is 1. The zero-order valence-electron chi connectivity index (χ0n) is 19.1. The van der Waals surface area contributed by atoms with Gasteiger partial charge in [-0.2, -0.15) is 0 Å². The van der Waals surface area contributed by atoms with Gasteiger partial charge in [-0.05, 0) is 55.0 Å². The Morgan fingerprint density at radius 2 is 1.71 bits per heavy atom. The van der Waals surface area contributed by atoms with Crippen LogP contribution >= 0.6 is 0 Å². The second-order valence-corrected chi connectivity index (χ2v) is 9.46. The highest BCUT2D eigenvalue weighted by Crippen LogP contribution is 2.33. The van der Waals surface area contributed by atoms with Crippen molar-refractivity contribution in [3.8, 4) is 11.5 Å². The molecule has 3 aromatic rings. The molecule has 0 bridgehead atoms. The molecule has 0 aromatic heterocycles. The first-order valence-corrected chi connectivity index (χ1v) is 12.2. The molecule has 1 atom stereocenters. The number of carbonyl (C=O) groups is 2. The molecule has 1 heterocycles. The van der Waals surface area contributed by atoms with E-state index in [2.05, 4.69) is 4.72 Å². The first-order chi connectivity index (χ1) is 16.8. The lowest BCUT2D eigenvalue weighted by Gasteiger charge is -2.33. The molecule has 0 saturated carbocycles. The Labute approximate surface area is 203 Å². The highest BCUT2D eigenvalue weighted by molar-refractivity contribution is 7.92.